The lowest BCUT2D eigenvalue weighted by atomic mass is 10.0. The second-order valence-corrected chi connectivity index (χ2v) is 5.19. The van der Waals surface area contributed by atoms with Crippen LogP contribution < -0.4 is 0 Å². The fraction of sp³-hybridized carbons (Fsp3) is 0.111. The van der Waals surface area contributed by atoms with Crippen LogP contribution in [0.15, 0.2) is 67.1 Å². The fourth-order valence-electron chi connectivity index (χ4n) is 2.51. The summed E-state index contributed by atoms with van der Waals surface area (Å²) in [5.74, 6) is -0.898. The Bertz CT molecular complexity index is 776. The summed E-state index contributed by atoms with van der Waals surface area (Å²) in [4.78, 5) is 15.7. The molecule has 1 heterocycles. The number of imidazole rings is 1. The molecule has 0 saturated carbocycles. The Labute approximate surface area is 128 Å². The van der Waals surface area contributed by atoms with Gasteiger partial charge in [0.2, 0.25) is 0 Å². The fourth-order valence-corrected chi connectivity index (χ4v) is 2.51. The van der Waals surface area contributed by atoms with Crippen LogP contribution in [0, 0.1) is 6.92 Å². The number of hydrogen-bond acceptors (Lipinski definition) is 2. The van der Waals surface area contributed by atoms with Crippen LogP contribution in [0.4, 0.5) is 0 Å². The molecule has 2 aromatic carbocycles. The molecule has 0 fully saturated rings. The highest BCUT2D eigenvalue weighted by Gasteiger charge is 2.21. The van der Waals surface area contributed by atoms with E-state index in [2.05, 4.69) is 4.98 Å². The summed E-state index contributed by atoms with van der Waals surface area (Å²) in [7, 11) is 0. The van der Waals surface area contributed by atoms with Crippen LogP contribution in [0.1, 0.15) is 17.3 Å². The predicted molar refractivity (Wildman–Crippen MR) is 84.6 cm³/mol. The van der Waals surface area contributed by atoms with E-state index in [-0.39, 0.29) is 0 Å². The number of nitrogens with zero attached hydrogens (tertiary/aromatic N) is 2. The summed E-state index contributed by atoms with van der Waals surface area (Å²) in [5, 5.41) is 9.53. The van der Waals surface area contributed by atoms with Gasteiger partial charge >= 0.3 is 5.97 Å². The van der Waals surface area contributed by atoms with Crippen molar-refractivity contribution in [2.75, 3.05) is 0 Å². The third-order valence-corrected chi connectivity index (χ3v) is 3.60. The molecule has 22 heavy (non-hydrogen) atoms. The van der Waals surface area contributed by atoms with Gasteiger partial charge < -0.3 is 9.67 Å². The average molecular weight is 292 g/mol. The molecule has 3 aromatic rings. The molecule has 0 spiro atoms. The molecular formula is C18H16N2O2. The first-order chi connectivity index (χ1) is 10.6. The molecule has 0 radical (unpaired) electrons. The largest absolute Gasteiger partial charge is 0.479 e. The van der Waals surface area contributed by atoms with Crippen LogP contribution in [0.3, 0.4) is 0 Å². The summed E-state index contributed by atoms with van der Waals surface area (Å²) in [5.41, 5.74) is 3.70. The molecule has 0 aliphatic carbocycles. The Kier molecular flexibility index (Phi) is 3.74. The number of carboxylic acid groups (broad SMARTS) is 1. The summed E-state index contributed by atoms with van der Waals surface area (Å²) < 4.78 is 1.62. The van der Waals surface area contributed by atoms with Crippen molar-refractivity contribution in [3.05, 3.63) is 78.4 Å². The van der Waals surface area contributed by atoms with Crippen LogP contribution in [-0.4, -0.2) is 20.6 Å². The highest BCUT2D eigenvalue weighted by molar-refractivity contribution is 5.76. The highest BCUT2D eigenvalue weighted by Crippen LogP contribution is 2.24. The third-order valence-electron chi connectivity index (χ3n) is 3.60. The molecule has 110 valence electrons. The Hall–Kier alpha value is -2.88. The molecular weight excluding hydrogens is 276 g/mol. The first-order valence-electron chi connectivity index (χ1n) is 7.03. The lowest BCUT2D eigenvalue weighted by molar-refractivity contribution is -0.139. The lowest BCUT2D eigenvalue weighted by Crippen LogP contribution is -2.19. The van der Waals surface area contributed by atoms with Crippen molar-refractivity contribution in [2.24, 2.45) is 0 Å². The van der Waals surface area contributed by atoms with E-state index >= 15 is 0 Å². The summed E-state index contributed by atoms with van der Waals surface area (Å²) >= 11 is 0. The van der Waals surface area contributed by atoms with E-state index in [4.69, 9.17) is 0 Å². The summed E-state index contributed by atoms with van der Waals surface area (Å²) in [6, 6.07) is 16.9. The number of aromatic nitrogens is 2. The van der Waals surface area contributed by atoms with Gasteiger partial charge in [0.1, 0.15) is 0 Å². The Balaban J connectivity index is 1.95. The van der Waals surface area contributed by atoms with Gasteiger partial charge in [0.25, 0.3) is 0 Å². The zero-order chi connectivity index (χ0) is 15.5. The highest BCUT2D eigenvalue weighted by atomic mass is 16.4. The number of carbonyl (C=O) groups is 1. The van der Waals surface area contributed by atoms with Crippen molar-refractivity contribution in [1.82, 2.24) is 9.55 Å². The molecule has 1 atom stereocenters. The molecule has 0 saturated heterocycles. The molecule has 0 amide bonds. The minimum absolute atomic E-state index is 0.726. The number of hydrogen-bond donors (Lipinski definition) is 1. The van der Waals surface area contributed by atoms with Gasteiger partial charge in [0.15, 0.2) is 6.04 Å². The van der Waals surface area contributed by atoms with Crippen molar-refractivity contribution < 1.29 is 9.90 Å². The van der Waals surface area contributed by atoms with Gasteiger partial charge in [0, 0.05) is 6.20 Å². The van der Waals surface area contributed by atoms with Crippen LogP contribution in [0.25, 0.3) is 11.1 Å². The van der Waals surface area contributed by atoms with Crippen LogP contribution >= 0.6 is 0 Å². The first kappa shape index (κ1) is 14.1. The maximum atomic E-state index is 11.6. The van der Waals surface area contributed by atoms with E-state index in [0.29, 0.717) is 0 Å². The van der Waals surface area contributed by atoms with E-state index < -0.39 is 12.0 Å². The van der Waals surface area contributed by atoms with Gasteiger partial charge in [-0.2, -0.15) is 0 Å². The Morgan fingerprint density at radius 3 is 2.23 bits per heavy atom. The number of aliphatic carboxylic acids is 1. The van der Waals surface area contributed by atoms with E-state index in [9.17, 15) is 9.90 Å². The van der Waals surface area contributed by atoms with Crippen LogP contribution in [0.2, 0.25) is 0 Å². The topological polar surface area (TPSA) is 55.1 Å². The molecule has 4 nitrogen and oxygen atoms in total. The molecule has 1 aromatic heterocycles. The van der Waals surface area contributed by atoms with Gasteiger partial charge in [-0.05, 0) is 23.6 Å². The second kappa shape index (κ2) is 5.85. The Morgan fingerprint density at radius 1 is 1.05 bits per heavy atom. The third kappa shape index (κ3) is 2.76. The van der Waals surface area contributed by atoms with Crippen LogP contribution in [0.5, 0.6) is 0 Å². The van der Waals surface area contributed by atoms with Gasteiger partial charge in [-0.3, -0.25) is 0 Å². The number of rotatable bonds is 4. The SMILES string of the molecule is Cc1cn(C(C(=O)O)c2ccc(-c3ccccc3)cc2)cn1. The molecule has 0 aliphatic heterocycles. The molecule has 1 N–H and O–H groups in total. The minimum Gasteiger partial charge on any atom is -0.479 e. The van der Waals surface area contributed by atoms with E-state index in [1.165, 1.54) is 0 Å². The second-order valence-electron chi connectivity index (χ2n) is 5.19. The van der Waals surface area contributed by atoms with Gasteiger partial charge in [-0.1, -0.05) is 54.6 Å². The van der Waals surface area contributed by atoms with E-state index in [1.54, 1.807) is 17.1 Å². The van der Waals surface area contributed by atoms with E-state index in [0.717, 1.165) is 22.4 Å². The number of benzene rings is 2. The lowest BCUT2D eigenvalue weighted by Gasteiger charge is -2.14. The first-order valence-corrected chi connectivity index (χ1v) is 7.03. The number of carboxylic acids is 1. The molecule has 0 aliphatic rings. The van der Waals surface area contributed by atoms with Crippen molar-refractivity contribution >= 4 is 5.97 Å². The quantitative estimate of drug-likeness (QED) is 0.800. The van der Waals surface area contributed by atoms with Gasteiger partial charge in [0.05, 0.1) is 12.0 Å². The average Bonchev–Trinajstić information content (AvgIpc) is 2.95. The van der Waals surface area contributed by atoms with E-state index in [1.807, 2.05) is 61.5 Å². The van der Waals surface area contributed by atoms with Gasteiger partial charge in [-0.15, -0.1) is 0 Å². The summed E-state index contributed by atoms with van der Waals surface area (Å²) in [6.45, 7) is 1.84. The Morgan fingerprint density at radius 2 is 1.68 bits per heavy atom. The standard InChI is InChI=1S/C18H16N2O2/c1-13-11-20(12-19-13)17(18(21)22)16-9-7-15(8-10-16)14-5-3-2-4-6-14/h2-12,17H,1H3,(H,21,22). The smallest absolute Gasteiger partial charge is 0.331 e. The zero-order valence-corrected chi connectivity index (χ0v) is 12.2. The monoisotopic (exact) mass is 292 g/mol. The minimum atomic E-state index is -0.898. The maximum absolute atomic E-state index is 11.6. The summed E-state index contributed by atoms with van der Waals surface area (Å²) in [6.07, 6.45) is 3.29. The van der Waals surface area contributed by atoms with Crippen molar-refractivity contribution in [2.45, 2.75) is 13.0 Å². The van der Waals surface area contributed by atoms with Crippen molar-refractivity contribution in [3.8, 4) is 11.1 Å². The normalized spacial score (nSPS) is 12.0. The van der Waals surface area contributed by atoms with Crippen molar-refractivity contribution in [1.29, 1.82) is 0 Å². The molecule has 4 heteroatoms. The zero-order valence-electron chi connectivity index (χ0n) is 12.2. The predicted octanol–water partition coefficient (Wildman–Crippen LogP) is 3.53. The molecule has 0 bridgehead atoms. The number of aryl methyl sites for hydroxylation is 1. The van der Waals surface area contributed by atoms with Gasteiger partial charge in [-0.25, -0.2) is 9.78 Å². The van der Waals surface area contributed by atoms with Crippen LogP contribution in [-0.2, 0) is 4.79 Å². The maximum Gasteiger partial charge on any atom is 0.331 e. The molecule has 3 rings (SSSR count). The molecule has 1 unspecified atom stereocenters. The van der Waals surface area contributed by atoms with Crippen molar-refractivity contribution in [3.63, 3.8) is 0 Å².